The fraction of sp³-hybridized carbons (Fsp3) is 0.562. The molecule has 1 aromatic carbocycles. The third kappa shape index (κ3) is 2.72. The molecular weight excluding hydrogens is 268 g/mol. The number of amides is 1. The van der Waals surface area contributed by atoms with E-state index in [0.717, 1.165) is 24.9 Å². The Bertz CT molecular complexity index is 491. The maximum atomic E-state index is 12.6. The number of hydrogen-bond donors (Lipinski definition) is 2. The number of carbonyl (C=O) groups is 1. The zero-order valence-corrected chi connectivity index (χ0v) is 12.7. The average Bonchev–Trinajstić information content (AvgIpc) is 2.93. The van der Waals surface area contributed by atoms with E-state index in [4.69, 9.17) is 0 Å². The first-order valence-corrected chi connectivity index (χ1v) is 8.72. The molecule has 2 aliphatic rings. The van der Waals surface area contributed by atoms with E-state index >= 15 is 0 Å². The lowest BCUT2D eigenvalue weighted by Crippen LogP contribution is -2.46. The summed E-state index contributed by atoms with van der Waals surface area (Å²) in [6, 6.07) is 8.45. The van der Waals surface area contributed by atoms with Gasteiger partial charge >= 0.3 is 0 Å². The number of rotatable bonds is 3. The highest BCUT2D eigenvalue weighted by Crippen LogP contribution is 2.29. The summed E-state index contributed by atoms with van der Waals surface area (Å²) in [6.45, 7) is 0.881. The van der Waals surface area contributed by atoms with Crippen LogP contribution in [0.1, 0.15) is 36.4 Å². The first-order chi connectivity index (χ1) is 9.79. The van der Waals surface area contributed by atoms with E-state index in [9.17, 15) is 4.79 Å². The highest BCUT2D eigenvalue weighted by molar-refractivity contribution is 7.99. The van der Waals surface area contributed by atoms with E-state index in [2.05, 4.69) is 35.1 Å². The van der Waals surface area contributed by atoms with Crippen LogP contribution in [0.4, 0.5) is 0 Å². The number of thioether (sulfide) groups is 1. The zero-order valence-electron chi connectivity index (χ0n) is 11.9. The van der Waals surface area contributed by atoms with Gasteiger partial charge in [-0.25, -0.2) is 0 Å². The Kier molecular flexibility index (Phi) is 4.32. The minimum absolute atomic E-state index is 0.142. The van der Waals surface area contributed by atoms with Gasteiger partial charge in [0, 0.05) is 17.8 Å². The van der Waals surface area contributed by atoms with E-state index in [1.54, 1.807) is 0 Å². The number of fused-ring (bicyclic) bond motifs is 1. The molecular formula is C16H22N2OS. The Morgan fingerprint density at radius 2 is 2.20 bits per heavy atom. The highest BCUT2D eigenvalue weighted by atomic mass is 32.2. The monoisotopic (exact) mass is 290 g/mol. The summed E-state index contributed by atoms with van der Waals surface area (Å²) in [4.78, 5) is 12.6. The van der Waals surface area contributed by atoms with Crippen molar-refractivity contribution >= 4 is 17.7 Å². The standard InChI is InChI=1S/C16H22N2OS/c1-20-14-8-4-7-13(14)18-16(19)15-12-6-3-2-5-11(12)9-10-17-15/h2-3,5-6,13-15,17H,4,7-10H2,1H3,(H,18,19). The van der Waals surface area contributed by atoms with Crippen molar-refractivity contribution in [2.75, 3.05) is 12.8 Å². The summed E-state index contributed by atoms with van der Waals surface area (Å²) in [5.74, 6) is 0.142. The molecule has 1 heterocycles. The van der Waals surface area contributed by atoms with Crippen LogP contribution in [0, 0.1) is 0 Å². The van der Waals surface area contributed by atoms with Crippen LogP contribution in [0.15, 0.2) is 24.3 Å². The van der Waals surface area contributed by atoms with E-state index in [1.807, 2.05) is 17.8 Å². The summed E-state index contributed by atoms with van der Waals surface area (Å²) in [6.07, 6.45) is 6.72. The SMILES string of the molecule is CSC1CCCC1NC(=O)C1NCCc2ccccc21. The van der Waals surface area contributed by atoms with Gasteiger partial charge in [-0.15, -0.1) is 0 Å². The second-order valence-electron chi connectivity index (χ2n) is 5.66. The molecule has 108 valence electrons. The normalized spacial score (nSPS) is 28.9. The van der Waals surface area contributed by atoms with Crippen molar-refractivity contribution in [3.05, 3.63) is 35.4 Å². The quantitative estimate of drug-likeness (QED) is 0.897. The topological polar surface area (TPSA) is 41.1 Å². The van der Waals surface area contributed by atoms with Crippen molar-refractivity contribution in [1.29, 1.82) is 0 Å². The van der Waals surface area contributed by atoms with Crippen LogP contribution in [-0.4, -0.2) is 30.0 Å². The molecule has 0 radical (unpaired) electrons. The molecule has 3 rings (SSSR count). The van der Waals surface area contributed by atoms with E-state index in [0.29, 0.717) is 11.3 Å². The summed E-state index contributed by atoms with van der Waals surface area (Å²) in [7, 11) is 0. The third-order valence-corrected chi connectivity index (χ3v) is 5.62. The van der Waals surface area contributed by atoms with E-state index in [1.165, 1.54) is 18.4 Å². The number of benzene rings is 1. The van der Waals surface area contributed by atoms with Crippen LogP contribution in [-0.2, 0) is 11.2 Å². The van der Waals surface area contributed by atoms with Crippen molar-refractivity contribution in [1.82, 2.24) is 10.6 Å². The molecule has 4 heteroatoms. The second-order valence-corrected chi connectivity index (χ2v) is 6.73. The van der Waals surface area contributed by atoms with Gasteiger partial charge in [-0.05, 0) is 36.6 Å². The largest absolute Gasteiger partial charge is 0.351 e. The van der Waals surface area contributed by atoms with Crippen molar-refractivity contribution in [3.63, 3.8) is 0 Å². The third-order valence-electron chi connectivity index (χ3n) is 4.45. The molecule has 20 heavy (non-hydrogen) atoms. The van der Waals surface area contributed by atoms with Gasteiger partial charge in [0.25, 0.3) is 0 Å². The predicted octanol–water partition coefficient (Wildman–Crippen LogP) is 2.27. The molecule has 0 saturated heterocycles. The summed E-state index contributed by atoms with van der Waals surface area (Å²) in [5.41, 5.74) is 2.45. The first kappa shape index (κ1) is 14.0. The van der Waals surface area contributed by atoms with E-state index in [-0.39, 0.29) is 11.9 Å². The molecule has 2 N–H and O–H groups in total. The first-order valence-electron chi connectivity index (χ1n) is 7.44. The average molecular weight is 290 g/mol. The Labute approximate surface area is 124 Å². The van der Waals surface area contributed by atoms with Crippen molar-refractivity contribution in [2.24, 2.45) is 0 Å². The van der Waals surface area contributed by atoms with Gasteiger partial charge in [-0.1, -0.05) is 30.7 Å². The maximum absolute atomic E-state index is 12.6. The van der Waals surface area contributed by atoms with Crippen LogP contribution in [0.3, 0.4) is 0 Å². The Morgan fingerprint density at radius 3 is 3.05 bits per heavy atom. The molecule has 3 atom stereocenters. The Morgan fingerprint density at radius 1 is 1.35 bits per heavy atom. The molecule has 0 spiro atoms. The van der Waals surface area contributed by atoms with Gasteiger partial charge < -0.3 is 10.6 Å². The molecule has 3 unspecified atom stereocenters. The molecule has 1 amide bonds. The lowest BCUT2D eigenvalue weighted by atomic mass is 9.94. The fourth-order valence-electron chi connectivity index (χ4n) is 3.38. The lowest BCUT2D eigenvalue weighted by Gasteiger charge is -2.28. The fourth-order valence-corrected chi connectivity index (χ4v) is 4.31. The smallest absolute Gasteiger partial charge is 0.242 e. The summed E-state index contributed by atoms with van der Waals surface area (Å²) in [5, 5.41) is 7.21. The van der Waals surface area contributed by atoms with Crippen LogP contribution < -0.4 is 10.6 Å². The predicted molar refractivity (Wildman–Crippen MR) is 84.0 cm³/mol. The highest BCUT2D eigenvalue weighted by Gasteiger charge is 2.32. The molecule has 0 aromatic heterocycles. The molecule has 1 saturated carbocycles. The van der Waals surface area contributed by atoms with Crippen LogP contribution in [0.5, 0.6) is 0 Å². The number of hydrogen-bond acceptors (Lipinski definition) is 3. The van der Waals surface area contributed by atoms with Crippen molar-refractivity contribution in [3.8, 4) is 0 Å². The molecule has 1 fully saturated rings. The zero-order chi connectivity index (χ0) is 13.9. The molecule has 0 bridgehead atoms. The van der Waals surface area contributed by atoms with Gasteiger partial charge in [0.1, 0.15) is 6.04 Å². The minimum Gasteiger partial charge on any atom is -0.351 e. The van der Waals surface area contributed by atoms with Crippen LogP contribution >= 0.6 is 11.8 Å². The van der Waals surface area contributed by atoms with Gasteiger partial charge in [-0.2, -0.15) is 11.8 Å². The Balaban J connectivity index is 1.72. The van der Waals surface area contributed by atoms with Gasteiger partial charge in [0.2, 0.25) is 5.91 Å². The molecule has 3 nitrogen and oxygen atoms in total. The lowest BCUT2D eigenvalue weighted by molar-refractivity contribution is -0.124. The number of nitrogens with one attached hydrogen (secondary N) is 2. The second kappa shape index (κ2) is 6.19. The van der Waals surface area contributed by atoms with Crippen molar-refractivity contribution in [2.45, 2.75) is 43.0 Å². The van der Waals surface area contributed by atoms with Crippen molar-refractivity contribution < 1.29 is 4.79 Å². The van der Waals surface area contributed by atoms with Crippen LogP contribution in [0.25, 0.3) is 0 Å². The number of carbonyl (C=O) groups excluding carboxylic acids is 1. The molecule has 1 aliphatic carbocycles. The van der Waals surface area contributed by atoms with Crippen LogP contribution in [0.2, 0.25) is 0 Å². The molecule has 1 aromatic rings. The van der Waals surface area contributed by atoms with E-state index < -0.39 is 0 Å². The summed E-state index contributed by atoms with van der Waals surface area (Å²) >= 11 is 1.88. The Hall–Kier alpha value is -1.00. The maximum Gasteiger partial charge on any atom is 0.242 e. The van der Waals surface area contributed by atoms with Gasteiger partial charge in [0.15, 0.2) is 0 Å². The molecule has 1 aliphatic heterocycles. The van der Waals surface area contributed by atoms with Gasteiger partial charge in [0.05, 0.1) is 0 Å². The summed E-state index contributed by atoms with van der Waals surface area (Å²) < 4.78 is 0. The van der Waals surface area contributed by atoms with Gasteiger partial charge in [-0.3, -0.25) is 4.79 Å². The minimum atomic E-state index is -0.178.